The Labute approximate surface area is 103 Å². The maximum atomic E-state index is 5.87. The smallest absolute Gasteiger partial charge is 0.0371 e. The average molecular weight is 234 g/mol. The number of nitrogens with zero attached hydrogens (tertiary/aromatic N) is 2. The summed E-state index contributed by atoms with van der Waals surface area (Å²) in [5.74, 6) is 0. The third kappa shape index (κ3) is 2.53. The van der Waals surface area contributed by atoms with Crippen molar-refractivity contribution >= 4 is 11.4 Å². The molecule has 1 aromatic rings. The molecule has 1 aliphatic heterocycles. The highest BCUT2D eigenvalue weighted by Crippen LogP contribution is 2.25. The molecule has 94 valence electrons. The van der Waals surface area contributed by atoms with Gasteiger partial charge < -0.3 is 21.3 Å². The fourth-order valence-electron chi connectivity index (χ4n) is 2.36. The number of hydrogen-bond acceptors (Lipinski definition) is 4. The van der Waals surface area contributed by atoms with Gasteiger partial charge in [0.2, 0.25) is 0 Å². The van der Waals surface area contributed by atoms with Gasteiger partial charge in [-0.3, -0.25) is 0 Å². The molecule has 0 bridgehead atoms. The van der Waals surface area contributed by atoms with Gasteiger partial charge in [-0.2, -0.15) is 0 Å². The van der Waals surface area contributed by atoms with Crippen molar-refractivity contribution in [3.8, 4) is 0 Å². The lowest BCUT2D eigenvalue weighted by molar-refractivity contribution is 0.315. The Morgan fingerprint density at radius 2 is 2.18 bits per heavy atom. The molecule has 1 heterocycles. The van der Waals surface area contributed by atoms with Crippen molar-refractivity contribution in [1.29, 1.82) is 0 Å². The highest BCUT2D eigenvalue weighted by Gasteiger charge is 2.24. The Hall–Kier alpha value is -1.26. The molecule has 1 atom stereocenters. The van der Waals surface area contributed by atoms with Gasteiger partial charge in [0.05, 0.1) is 0 Å². The minimum Gasteiger partial charge on any atom is -0.398 e. The van der Waals surface area contributed by atoms with Crippen molar-refractivity contribution in [1.82, 2.24) is 4.90 Å². The number of nitrogens with two attached hydrogens (primary N) is 2. The fourth-order valence-corrected chi connectivity index (χ4v) is 2.36. The van der Waals surface area contributed by atoms with Crippen molar-refractivity contribution in [3.63, 3.8) is 0 Å². The first-order valence-corrected chi connectivity index (χ1v) is 6.11. The summed E-state index contributed by atoms with van der Waals surface area (Å²) in [5, 5.41) is 0. The van der Waals surface area contributed by atoms with Crippen molar-refractivity contribution < 1.29 is 0 Å². The zero-order valence-corrected chi connectivity index (χ0v) is 10.7. The SMILES string of the molecule is CN(C)C1CCN(c2ccc(N)c(CN)c2)C1. The van der Waals surface area contributed by atoms with E-state index in [2.05, 4.69) is 36.0 Å². The van der Waals surface area contributed by atoms with Crippen LogP contribution in [0.15, 0.2) is 18.2 Å². The van der Waals surface area contributed by atoms with Gasteiger partial charge in [0, 0.05) is 37.1 Å². The van der Waals surface area contributed by atoms with Gasteiger partial charge in [0.15, 0.2) is 0 Å². The van der Waals surface area contributed by atoms with E-state index in [0.29, 0.717) is 12.6 Å². The van der Waals surface area contributed by atoms with Crippen LogP contribution in [0, 0.1) is 0 Å². The lowest BCUT2D eigenvalue weighted by atomic mass is 10.1. The molecular formula is C13H22N4. The summed E-state index contributed by atoms with van der Waals surface area (Å²) in [6.07, 6.45) is 1.22. The van der Waals surface area contributed by atoms with Crippen LogP contribution in [-0.2, 0) is 6.54 Å². The number of nitrogen functional groups attached to an aromatic ring is 1. The molecule has 0 radical (unpaired) electrons. The normalized spacial score (nSPS) is 20.2. The molecular weight excluding hydrogens is 212 g/mol. The topological polar surface area (TPSA) is 58.5 Å². The Bertz CT molecular complexity index is 389. The van der Waals surface area contributed by atoms with Crippen molar-refractivity contribution in [3.05, 3.63) is 23.8 Å². The molecule has 1 aromatic carbocycles. The Balaban J connectivity index is 2.13. The summed E-state index contributed by atoms with van der Waals surface area (Å²) in [4.78, 5) is 4.70. The van der Waals surface area contributed by atoms with E-state index < -0.39 is 0 Å². The van der Waals surface area contributed by atoms with Crippen LogP contribution in [0.3, 0.4) is 0 Å². The van der Waals surface area contributed by atoms with E-state index in [1.165, 1.54) is 12.1 Å². The zero-order valence-electron chi connectivity index (χ0n) is 10.7. The second-order valence-corrected chi connectivity index (χ2v) is 4.94. The van der Waals surface area contributed by atoms with Gasteiger partial charge in [-0.05, 0) is 44.3 Å². The largest absolute Gasteiger partial charge is 0.398 e. The quantitative estimate of drug-likeness (QED) is 0.762. The molecule has 1 fully saturated rings. The molecule has 0 amide bonds. The van der Waals surface area contributed by atoms with Crippen LogP contribution in [-0.4, -0.2) is 38.1 Å². The third-order valence-corrected chi connectivity index (χ3v) is 3.61. The first-order chi connectivity index (χ1) is 8.11. The van der Waals surface area contributed by atoms with Crippen LogP contribution in [0.2, 0.25) is 0 Å². The van der Waals surface area contributed by atoms with Gasteiger partial charge in [0.1, 0.15) is 0 Å². The van der Waals surface area contributed by atoms with Gasteiger partial charge in [-0.25, -0.2) is 0 Å². The molecule has 0 saturated carbocycles. The second kappa shape index (κ2) is 4.94. The van der Waals surface area contributed by atoms with E-state index in [9.17, 15) is 0 Å². The first kappa shape index (κ1) is 12.2. The third-order valence-electron chi connectivity index (χ3n) is 3.61. The van der Waals surface area contributed by atoms with E-state index in [-0.39, 0.29) is 0 Å². The second-order valence-electron chi connectivity index (χ2n) is 4.94. The molecule has 1 aliphatic rings. The molecule has 0 spiro atoms. The monoisotopic (exact) mass is 234 g/mol. The van der Waals surface area contributed by atoms with E-state index in [1.807, 2.05) is 6.07 Å². The lowest BCUT2D eigenvalue weighted by Crippen LogP contribution is -2.31. The highest BCUT2D eigenvalue weighted by atomic mass is 15.2. The van der Waals surface area contributed by atoms with Crippen LogP contribution in [0.5, 0.6) is 0 Å². The molecule has 0 aromatic heterocycles. The van der Waals surface area contributed by atoms with Crippen LogP contribution >= 0.6 is 0 Å². The van der Waals surface area contributed by atoms with Crippen LogP contribution in [0.4, 0.5) is 11.4 Å². The number of anilines is 2. The van der Waals surface area contributed by atoms with Gasteiger partial charge >= 0.3 is 0 Å². The van der Waals surface area contributed by atoms with E-state index >= 15 is 0 Å². The van der Waals surface area contributed by atoms with Crippen molar-refractivity contribution in [2.24, 2.45) is 5.73 Å². The molecule has 2 rings (SSSR count). The maximum absolute atomic E-state index is 5.87. The minimum atomic E-state index is 0.505. The van der Waals surface area contributed by atoms with Crippen LogP contribution in [0.1, 0.15) is 12.0 Å². The van der Waals surface area contributed by atoms with Crippen molar-refractivity contribution in [2.75, 3.05) is 37.8 Å². The van der Waals surface area contributed by atoms with Crippen LogP contribution < -0.4 is 16.4 Å². The first-order valence-electron chi connectivity index (χ1n) is 6.11. The van der Waals surface area contributed by atoms with Crippen molar-refractivity contribution in [2.45, 2.75) is 19.0 Å². The summed E-state index contributed by atoms with van der Waals surface area (Å²) >= 11 is 0. The number of rotatable bonds is 3. The Morgan fingerprint density at radius 3 is 2.76 bits per heavy atom. The molecule has 1 unspecified atom stereocenters. The summed E-state index contributed by atoms with van der Waals surface area (Å²) < 4.78 is 0. The summed E-state index contributed by atoms with van der Waals surface area (Å²) in [7, 11) is 4.28. The molecule has 1 saturated heterocycles. The van der Waals surface area contributed by atoms with Gasteiger partial charge in [-0.15, -0.1) is 0 Å². The number of hydrogen-bond donors (Lipinski definition) is 2. The Morgan fingerprint density at radius 1 is 1.41 bits per heavy atom. The van der Waals surface area contributed by atoms with Gasteiger partial charge in [-0.1, -0.05) is 0 Å². The molecule has 4 heteroatoms. The summed E-state index contributed by atoms with van der Waals surface area (Å²) in [6.45, 7) is 2.70. The molecule has 4 N–H and O–H groups in total. The molecule has 0 aliphatic carbocycles. The molecule has 17 heavy (non-hydrogen) atoms. The predicted molar refractivity (Wildman–Crippen MR) is 73.1 cm³/mol. The van der Waals surface area contributed by atoms with E-state index in [4.69, 9.17) is 11.5 Å². The Kier molecular flexibility index (Phi) is 3.54. The number of benzene rings is 1. The maximum Gasteiger partial charge on any atom is 0.0371 e. The average Bonchev–Trinajstić information content (AvgIpc) is 2.79. The number of likely N-dealkylation sites (N-methyl/N-ethyl adjacent to an activating group) is 1. The van der Waals surface area contributed by atoms with Crippen LogP contribution in [0.25, 0.3) is 0 Å². The summed E-state index contributed by atoms with van der Waals surface area (Å²) in [5.41, 5.74) is 14.6. The lowest BCUT2D eigenvalue weighted by Gasteiger charge is -2.22. The standard InChI is InChI=1S/C13H22N4/c1-16(2)12-5-6-17(9-12)11-3-4-13(15)10(7-11)8-14/h3-4,7,12H,5-6,8-9,14-15H2,1-2H3. The highest BCUT2D eigenvalue weighted by molar-refractivity contribution is 5.59. The van der Waals surface area contributed by atoms with E-state index in [1.54, 1.807) is 0 Å². The minimum absolute atomic E-state index is 0.505. The zero-order chi connectivity index (χ0) is 12.4. The molecule has 4 nitrogen and oxygen atoms in total. The van der Waals surface area contributed by atoms with Gasteiger partial charge in [0.25, 0.3) is 0 Å². The van der Waals surface area contributed by atoms with E-state index in [0.717, 1.165) is 24.3 Å². The summed E-state index contributed by atoms with van der Waals surface area (Å²) in [6, 6.07) is 6.81. The fraction of sp³-hybridized carbons (Fsp3) is 0.538. The predicted octanol–water partition coefficient (Wildman–Crippen LogP) is 0.868.